The van der Waals surface area contributed by atoms with Gasteiger partial charge >= 0.3 is 0 Å². The quantitative estimate of drug-likeness (QED) is 0.347. The highest BCUT2D eigenvalue weighted by molar-refractivity contribution is 6.14. The summed E-state index contributed by atoms with van der Waals surface area (Å²) in [5.74, 6) is -0.514. The number of ketones is 1. The van der Waals surface area contributed by atoms with Crippen molar-refractivity contribution in [3.8, 4) is 11.5 Å². The second kappa shape index (κ2) is 13.3. The van der Waals surface area contributed by atoms with Crippen LogP contribution in [0.1, 0.15) is 22.7 Å². The molecule has 1 unspecified atom stereocenters. The van der Waals surface area contributed by atoms with Gasteiger partial charge in [-0.3, -0.25) is 14.5 Å². The number of carbonyl (C=O) groups excluding carboxylic acids is 2. The predicted octanol–water partition coefficient (Wildman–Crippen LogP) is 4.58. The van der Waals surface area contributed by atoms with Gasteiger partial charge in [-0.05, 0) is 34.9 Å². The number of carbonyl (C=O) groups is 2. The highest BCUT2D eigenvalue weighted by atomic mass is 16.5. The maximum absolute atomic E-state index is 13.5. The van der Waals surface area contributed by atoms with E-state index in [0.29, 0.717) is 50.0 Å². The molecule has 8 nitrogen and oxygen atoms in total. The Hall–Kier alpha value is -4.40. The maximum Gasteiger partial charge on any atom is 0.290 e. The number of methoxy groups -OCH3 is 1. The summed E-state index contributed by atoms with van der Waals surface area (Å²) in [6, 6.07) is 23.8. The van der Waals surface area contributed by atoms with Gasteiger partial charge in [-0.15, -0.1) is 0 Å². The van der Waals surface area contributed by atoms with Crippen LogP contribution in [0, 0.1) is 0 Å². The molecule has 1 atom stereocenters. The first-order valence-corrected chi connectivity index (χ1v) is 13.7. The minimum absolute atomic E-state index is 0.0455. The third-order valence-electron chi connectivity index (χ3n) is 7.30. The van der Waals surface area contributed by atoms with E-state index in [1.165, 1.54) is 6.08 Å². The summed E-state index contributed by atoms with van der Waals surface area (Å²) in [5, 5.41) is 11.0. The molecule has 0 aliphatic carbocycles. The fourth-order valence-corrected chi connectivity index (χ4v) is 5.09. The molecule has 8 heteroatoms. The molecule has 1 fully saturated rings. The van der Waals surface area contributed by atoms with Crippen molar-refractivity contribution < 1.29 is 28.9 Å². The van der Waals surface area contributed by atoms with Gasteiger partial charge in [-0.1, -0.05) is 72.8 Å². The van der Waals surface area contributed by atoms with Crippen LogP contribution < -0.4 is 9.47 Å². The zero-order valence-corrected chi connectivity index (χ0v) is 23.1. The number of allylic oxidation sites excluding steroid dienone is 1. The van der Waals surface area contributed by atoms with Crippen LogP contribution in [0.5, 0.6) is 11.5 Å². The number of ether oxygens (including phenoxy) is 3. The Morgan fingerprint density at radius 2 is 1.68 bits per heavy atom. The molecular formula is C33H34N2O6. The van der Waals surface area contributed by atoms with Crippen molar-refractivity contribution in [1.82, 2.24) is 9.80 Å². The lowest BCUT2D eigenvalue weighted by atomic mass is 9.95. The van der Waals surface area contributed by atoms with Gasteiger partial charge in [-0.2, -0.15) is 0 Å². The van der Waals surface area contributed by atoms with E-state index in [1.807, 2.05) is 66.7 Å². The van der Waals surface area contributed by atoms with Gasteiger partial charge < -0.3 is 24.2 Å². The van der Waals surface area contributed by atoms with Crippen LogP contribution >= 0.6 is 0 Å². The Morgan fingerprint density at radius 3 is 2.39 bits per heavy atom. The van der Waals surface area contributed by atoms with Gasteiger partial charge in [0.25, 0.3) is 5.91 Å². The Bertz CT molecular complexity index is 1410. The molecule has 0 bridgehead atoms. The average Bonchev–Trinajstić information content (AvgIpc) is 3.28. The molecule has 0 radical (unpaired) electrons. The van der Waals surface area contributed by atoms with Crippen molar-refractivity contribution in [1.29, 1.82) is 0 Å². The van der Waals surface area contributed by atoms with E-state index in [2.05, 4.69) is 4.90 Å². The summed E-state index contributed by atoms with van der Waals surface area (Å²) in [6.45, 7) is 4.08. The first-order valence-electron chi connectivity index (χ1n) is 13.7. The van der Waals surface area contributed by atoms with Gasteiger partial charge in [0.15, 0.2) is 23.0 Å². The second-order valence-corrected chi connectivity index (χ2v) is 9.91. The van der Waals surface area contributed by atoms with Crippen molar-refractivity contribution in [2.45, 2.75) is 12.6 Å². The predicted molar refractivity (Wildman–Crippen MR) is 156 cm³/mol. The molecule has 3 aromatic rings. The normalized spacial score (nSPS) is 17.8. The Kier molecular flexibility index (Phi) is 9.13. The lowest BCUT2D eigenvalue weighted by Crippen LogP contribution is -2.43. The summed E-state index contributed by atoms with van der Waals surface area (Å²) in [6.07, 6.45) is 3.09. The highest BCUT2D eigenvalue weighted by Crippen LogP contribution is 2.41. The minimum Gasteiger partial charge on any atom is -0.503 e. The number of nitrogens with zero attached hydrogens (tertiary/aromatic N) is 2. The number of benzene rings is 3. The molecule has 1 amide bonds. The molecule has 2 aliphatic rings. The number of morpholine rings is 1. The van der Waals surface area contributed by atoms with Gasteiger partial charge in [0.05, 0.1) is 31.9 Å². The summed E-state index contributed by atoms with van der Waals surface area (Å²) >= 11 is 0. The lowest BCUT2D eigenvalue weighted by Gasteiger charge is -2.31. The number of amides is 1. The van der Waals surface area contributed by atoms with E-state index in [1.54, 1.807) is 30.2 Å². The molecule has 1 N–H and O–H groups in total. The summed E-state index contributed by atoms with van der Waals surface area (Å²) < 4.78 is 17.1. The fourth-order valence-electron chi connectivity index (χ4n) is 5.09. The van der Waals surface area contributed by atoms with Crippen molar-refractivity contribution in [3.05, 3.63) is 113 Å². The van der Waals surface area contributed by atoms with E-state index >= 15 is 0 Å². The molecule has 212 valence electrons. The molecule has 0 saturated carbocycles. The Labute approximate surface area is 240 Å². The van der Waals surface area contributed by atoms with Crippen molar-refractivity contribution >= 4 is 17.8 Å². The minimum atomic E-state index is -0.784. The largest absolute Gasteiger partial charge is 0.503 e. The Balaban J connectivity index is 1.44. The SMILES string of the molecule is COc1cc(C2C(C(=O)C=Cc3ccccc3)=C(O)C(=O)N2CCN2CCOCC2)ccc1OCc1ccccc1. The number of aliphatic hydroxyl groups is 1. The lowest BCUT2D eigenvalue weighted by molar-refractivity contribution is -0.129. The van der Waals surface area contributed by atoms with Crippen molar-refractivity contribution in [2.24, 2.45) is 0 Å². The third-order valence-corrected chi connectivity index (χ3v) is 7.30. The van der Waals surface area contributed by atoms with Gasteiger partial charge in [0, 0.05) is 26.2 Å². The number of hydrogen-bond donors (Lipinski definition) is 1. The standard InChI is InChI=1S/C33H34N2O6/c1-39-29-22-26(13-15-28(29)41-23-25-10-6-3-7-11-25)31-30(27(36)14-12-24-8-4-2-5-9-24)32(37)33(38)35(31)17-16-34-18-20-40-21-19-34/h2-15,22,31,37H,16-21,23H2,1H3. The van der Waals surface area contributed by atoms with Crippen LogP contribution in [-0.4, -0.2) is 73.1 Å². The van der Waals surface area contributed by atoms with Crippen LogP contribution in [0.4, 0.5) is 0 Å². The van der Waals surface area contributed by atoms with E-state index in [-0.39, 0.29) is 5.57 Å². The van der Waals surface area contributed by atoms with Crippen LogP contribution in [-0.2, 0) is 20.9 Å². The summed E-state index contributed by atoms with van der Waals surface area (Å²) in [7, 11) is 1.55. The van der Waals surface area contributed by atoms with Crippen molar-refractivity contribution in [2.75, 3.05) is 46.5 Å². The molecule has 2 heterocycles. The average molecular weight is 555 g/mol. The number of hydrogen-bond acceptors (Lipinski definition) is 7. The molecule has 0 aromatic heterocycles. The smallest absolute Gasteiger partial charge is 0.290 e. The van der Waals surface area contributed by atoms with Crippen LogP contribution in [0.25, 0.3) is 6.08 Å². The summed E-state index contributed by atoms with van der Waals surface area (Å²) in [4.78, 5) is 30.7. The van der Waals surface area contributed by atoms with E-state index in [4.69, 9.17) is 14.2 Å². The molecule has 1 saturated heterocycles. The first kappa shape index (κ1) is 28.1. The summed E-state index contributed by atoms with van der Waals surface area (Å²) in [5.41, 5.74) is 2.54. The van der Waals surface area contributed by atoms with E-state index < -0.39 is 23.5 Å². The molecule has 0 spiro atoms. The van der Waals surface area contributed by atoms with E-state index in [9.17, 15) is 14.7 Å². The molecule has 2 aliphatic heterocycles. The second-order valence-electron chi connectivity index (χ2n) is 9.91. The highest BCUT2D eigenvalue weighted by Gasteiger charge is 2.43. The fraction of sp³-hybridized carbons (Fsp3) is 0.273. The molecule has 5 rings (SSSR count). The third kappa shape index (κ3) is 6.67. The van der Waals surface area contributed by atoms with Crippen LogP contribution in [0.2, 0.25) is 0 Å². The van der Waals surface area contributed by atoms with Gasteiger partial charge in [0.2, 0.25) is 0 Å². The van der Waals surface area contributed by atoms with Crippen LogP contribution in [0.3, 0.4) is 0 Å². The Morgan fingerprint density at radius 1 is 0.976 bits per heavy atom. The van der Waals surface area contributed by atoms with Gasteiger partial charge in [-0.25, -0.2) is 0 Å². The molecule has 3 aromatic carbocycles. The topological polar surface area (TPSA) is 88.5 Å². The maximum atomic E-state index is 13.5. The van der Waals surface area contributed by atoms with E-state index in [0.717, 1.165) is 24.2 Å². The first-order chi connectivity index (χ1) is 20.0. The zero-order chi connectivity index (χ0) is 28.6. The molecular weight excluding hydrogens is 520 g/mol. The molecule has 41 heavy (non-hydrogen) atoms. The van der Waals surface area contributed by atoms with Gasteiger partial charge in [0.1, 0.15) is 6.61 Å². The monoisotopic (exact) mass is 554 g/mol. The number of aliphatic hydroxyl groups excluding tert-OH is 1. The zero-order valence-electron chi connectivity index (χ0n) is 23.1. The van der Waals surface area contributed by atoms with Crippen LogP contribution in [0.15, 0.2) is 96.3 Å². The number of rotatable bonds is 11. The van der Waals surface area contributed by atoms with Crippen molar-refractivity contribution in [3.63, 3.8) is 0 Å².